The maximum atomic E-state index is 14.5. The molecule has 0 unspecified atom stereocenters. The van der Waals surface area contributed by atoms with Crippen molar-refractivity contribution in [2.45, 2.75) is 172 Å². The van der Waals surface area contributed by atoms with E-state index in [1.807, 2.05) is 0 Å². The molecule has 0 radical (unpaired) electrons. The van der Waals surface area contributed by atoms with Crippen molar-refractivity contribution in [1.82, 2.24) is 52.8 Å². The molecule has 0 spiro atoms. The minimum Gasteiger partial charge on any atom is -0.497 e. The number of nitro benzene ring substituents is 2. The molecule has 25 N–H and O–H groups in total. The topological polar surface area (TPSA) is 694 Å². The second-order valence-corrected chi connectivity index (χ2v) is 26.4. The number of nitrogens with zero attached hydrogens (tertiary/aromatic N) is 6. The van der Waals surface area contributed by atoms with Gasteiger partial charge in [-0.1, -0.05) is 27.7 Å². The molecule has 0 saturated carbocycles. The predicted molar refractivity (Wildman–Crippen MR) is 395 cm³/mol. The number of nitrogens with two attached hydrogens (primary N) is 7. The third kappa shape index (κ3) is 30.5. The number of nitro groups is 2. The number of carboxylic acid groups (broad SMARTS) is 1. The summed E-state index contributed by atoms with van der Waals surface area (Å²) in [5, 5.41) is 58.9. The summed E-state index contributed by atoms with van der Waals surface area (Å²) >= 11 is 0. The monoisotopic (exact) mass is 1530 g/mol. The van der Waals surface area contributed by atoms with Crippen molar-refractivity contribution in [3.8, 4) is 5.75 Å². The third-order valence-electron chi connectivity index (χ3n) is 16.7. The van der Waals surface area contributed by atoms with Crippen molar-refractivity contribution >= 4 is 117 Å². The van der Waals surface area contributed by atoms with Gasteiger partial charge >= 0.3 is 11.6 Å². The summed E-state index contributed by atoms with van der Waals surface area (Å²) in [4.78, 5) is 213. The van der Waals surface area contributed by atoms with Gasteiger partial charge in [-0.25, -0.2) is 4.79 Å². The Labute approximate surface area is 624 Å². The minimum atomic E-state index is -1.85. The Morgan fingerprint density at radius 2 is 1.13 bits per heavy atom. The summed E-state index contributed by atoms with van der Waals surface area (Å²) in [5.41, 5.74) is 36.1. The molecule has 0 aliphatic carbocycles. The number of hydrogen-bond donors (Lipinski definition) is 18. The lowest BCUT2D eigenvalue weighted by atomic mass is 10.0. The van der Waals surface area contributed by atoms with Crippen LogP contribution in [-0.2, 0) is 64.0 Å². The van der Waals surface area contributed by atoms with Gasteiger partial charge in [0, 0.05) is 62.7 Å². The van der Waals surface area contributed by atoms with E-state index < -0.39 is 178 Å². The van der Waals surface area contributed by atoms with E-state index in [-0.39, 0.29) is 131 Å². The van der Waals surface area contributed by atoms with E-state index in [0.717, 1.165) is 25.1 Å². The number of non-ortho nitro benzene ring substituents is 1. The number of fused-ring (bicyclic) bond motifs is 1. The number of primary amides is 1. The zero-order valence-corrected chi connectivity index (χ0v) is 61.3. The van der Waals surface area contributed by atoms with E-state index >= 15 is 0 Å². The van der Waals surface area contributed by atoms with E-state index in [0.29, 0.717) is 29.2 Å². The largest absolute Gasteiger partial charge is 0.497 e. The fourth-order valence-electron chi connectivity index (χ4n) is 11.3. The van der Waals surface area contributed by atoms with Gasteiger partial charge in [0.2, 0.25) is 65.0 Å². The Hall–Kier alpha value is -12.5. The average molecular weight is 1530 g/mol. The second kappa shape index (κ2) is 43.8. The number of nitrogens with one attached hydrogen (secondary N) is 10. The van der Waals surface area contributed by atoms with E-state index in [4.69, 9.17) is 49.3 Å². The zero-order chi connectivity index (χ0) is 81.4. The van der Waals surface area contributed by atoms with Gasteiger partial charge in [-0.3, -0.25) is 92.7 Å². The molecule has 1 aliphatic heterocycles. The smallest absolute Gasteiger partial charge is 0.336 e. The number of ether oxygens (including phenoxy) is 1. The maximum absolute atomic E-state index is 14.5. The summed E-state index contributed by atoms with van der Waals surface area (Å²) in [6.07, 6.45) is -1.23. The Morgan fingerprint density at radius 1 is 0.606 bits per heavy atom. The highest BCUT2D eigenvalue weighted by Crippen LogP contribution is 2.30. The van der Waals surface area contributed by atoms with Crippen LogP contribution in [0.5, 0.6) is 5.75 Å². The van der Waals surface area contributed by atoms with Crippen LogP contribution in [0, 0.1) is 32.1 Å². The lowest BCUT2D eigenvalue weighted by molar-refractivity contribution is -0.393. The number of benzene rings is 2. The summed E-state index contributed by atoms with van der Waals surface area (Å²) in [5.74, 6) is -12.7. The minimum absolute atomic E-state index is 0.00815. The van der Waals surface area contributed by atoms with Crippen LogP contribution in [0.2, 0.25) is 0 Å². The van der Waals surface area contributed by atoms with Crippen molar-refractivity contribution in [3.05, 3.63) is 78.7 Å². The number of carbonyl (C=O) groups excluding carboxylic acids is 11. The highest BCUT2D eigenvalue weighted by Gasteiger charge is 2.40. The molecule has 1 aliphatic rings. The molecule has 1 fully saturated rings. The summed E-state index contributed by atoms with van der Waals surface area (Å²) in [7, 11) is 1.43. The molecule has 4 rings (SSSR count). The van der Waals surface area contributed by atoms with E-state index in [9.17, 15) is 87.7 Å². The van der Waals surface area contributed by atoms with Crippen molar-refractivity contribution in [3.63, 3.8) is 0 Å². The number of carbonyl (C=O) groups is 12. The molecule has 598 valence electrons. The van der Waals surface area contributed by atoms with Gasteiger partial charge in [0.1, 0.15) is 71.4 Å². The van der Waals surface area contributed by atoms with Crippen molar-refractivity contribution in [2.75, 3.05) is 51.7 Å². The average Bonchev–Trinajstić information content (AvgIpc) is 1.80. The quantitative estimate of drug-likeness (QED) is 0.00638. The number of likely N-dealkylation sites (tertiary alicyclic amines) is 1. The van der Waals surface area contributed by atoms with Gasteiger partial charge in [0.25, 0.3) is 11.4 Å². The first-order valence-electron chi connectivity index (χ1n) is 34.8. The van der Waals surface area contributed by atoms with Gasteiger partial charge < -0.3 is 112 Å². The number of carboxylic acids is 1. The van der Waals surface area contributed by atoms with Crippen molar-refractivity contribution in [2.24, 2.45) is 66.9 Å². The first kappa shape index (κ1) is 88.9. The lowest BCUT2D eigenvalue weighted by Gasteiger charge is -2.30. The Morgan fingerprint density at radius 3 is 1.68 bits per heavy atom. The molecule has 109 heavy (non-hydrogen) atoms. The van der Waals surface area contributed by atoms with Crippen LogP contribution >= 0.6 is 0 Å². The molecule has 9 atom stereocenters. The first-order chi connectivity index (χ1) is 51.4. The molecular formula is C66H99N23O20. The second-order valence-electron chi connectivity index (χ2n) is 26.4. The standard InChI is InChI=1S/C66H99N23O20/c1-33(2)25-45(85-62(102)48-14-10-24-87(48)63(103)44(13-9-23-76-66(72)73)80-51(90)27-36-28-54(94)109-50-30-38(108-6)16-17-39(36)50)57(97)78-32-52(91)81-46(26-34(3)4)60(100)86-47(31-77-40-18-15-37(88(104)105)29-49(40)89(106)107)61(101)79-35(5)56(96)83-42(12-8-22-75-65(70)71)58(98)84-43(19-20-53(92)93)59(99)82-41(55(67)95)11-7-21-74-64(68)69/h15-18,28-30,33-35,41-48,77H,7-14,19-27,31-32H2,1-6H3,(H2,67,95)(H,78,97)(H,79,101)(H,80,90)(H,81,91)(H,82,99)(H,83,96)(H,84,98)(H,85,102)(H,86,100)(H,92,93)(H4,68,69,74)(H4,70,71,75)(H4,72,73,76)/t35-,41-,42-,43-,44-,45-,46-,47-,48-/m0/s1. The number of guanidine groups is 3. The van der Waals surface area contributed by atoms with Gasteiger partial charge in [0.05, 0.1) is 36.0 Å². The molecule has 43 nitrogen and oxygen atoms in total. The van der Waals surface area contributed by atoms with Crippen molar-refractivity contribution in [1.29, 1.82) is 0 Å². The van der Waals surface area contributed by atoms with Crippen LogP contribution in [0.25, 0.3) is 11.0 Å². The van der Waals surface area contributed by atoms with Crippen LogP contribution in [-0.4, -0.2) is 209 Å². The van der Waals surface area contributed by atoms with Crippen molar-refractivity contribution < 1.29 is 81.6 Å². The number of methoxy groups -OCH3 is 1. The molecule has 1 aromatic heterocycles. The predicted octanol–water partition coefficient (Wildman–Crippen LogP) is -4.12. The van der Waals surface area contributed by atoms with Gasteiger partial charge in [-0.05, 0) is 113 Å². The normalized spacial score (nSPS) is 14.6. The lowest BCUT2D eigenvalue weighted by Crippen LogP contribution is -2.60. The Kier molecular flexibility index (Phi) is 35.7. The van der Waals surface area contributed by atoms with E-state index in [1.54, 1.807) is 39.8 Å². The van der Waals surface area contributed by atoms with Crippen LogP contribution in [0.3, 0.4) is 0 Å². The number of rotatable bonds is 46. The number of amides is 11. The van der Waals surface area contributed by atoms with Gasteiger partial charge in [-0.15, -0.1) is 0 Å². The van der Waals surface area contributed by atoms with Gasteiger partial charge in [-0.2, -0.15) is 0 Å². The zero-order valence-electron chi connectivity index (χ0n) is 61.3. The molecule has 1 saturated heterocycles. The van der Waals surface area contributed by atoms with Crippen LogP contribution in [0.15, 0.2) is 66.7 Å². The molecule has 11 amide bonds. The summed E-state index contributed by atoms with van der Waals surface area (Å²) < 4.78 is 10.6. The van der Waals surface area contributed by atoms with Crippen LogP contribution in [0.4, 0.5) is 17.1 Å². The van der Waals surface area contributed by atoms with Gasteiger partial charge in [0.15, 0.2) is 17.9 Å². The Bertz CT molecular complexity index is 3930. The number of anilines is 1. The number of aliphatic carboxylic acids is 1. The van der Waals surface area contributed by atoms with E-state index in [2.05, 4.69) is 68.1 Å². The highest BCUT2D eigenvalue weighted by molar-refractivity contribution is 5.99. The fourth-order valence-corrected chi connectivity index (χ4v) is 11.3. The summed E-state index contributed by atoms with van der Waals surface area (Å²) in [6.45, 7) is 6.52. The molecule has 3 aromatic rings. The molecular weight excluding hydrogens is 1430 g/mol. The maximum Gasteiger partial charge on any atom is 0.336 e. The fraction of sp³-hybridized carbons (Fsp3) is 0.545. The Balaban J connectivity index is 1.57. The number of hydrogen-bond acceptors (Lipinski definition) is 23. The molecule has 0 bridgehead atoms. The third-order valence-corrected chi connectivity index (χ3v) is 16.7. The van der Waals surface area contributed by atoms with E-state index in [1.165, 1.54) is 18.1 Å². The first-order valence-corrected chi connectivity index (χ1v) is 34.8. The van der Waals surface area contributed by atoms with Crippen LogP contribution < -0.4 is 104 Å². The molecule has 43 heteroatoms. The SMILES string of the molecule is COc1ccc2c(CC(=O)N[C@@H](CCCN=C(N)N)C(=O)N3CCC[C@H]3C(=O)N[C@@H](CC(C)C)C(=O)NCC(=O)N[C@@H](CC(C)C)C(=O)N[C@@H](CNc3ccc([N+](=O)[O-])cc3[N+](=O)[O-])C(=O)N[C@@H](C)C(=O)N[C@@H](CCCN=C(N)N)C(=O)N[C@@H](CCC(=O)O)C(=O)N[C@@H](CCCN=C(N)N)C(N)=O)cc(=O)oc2c1. The summed E-state index contributed by atoms with van der Waals surface area (Å²) in [6, 6.07) is -4.95. The highest BCUT2D eigenvalue weighted by atomic mass is 16.6. The molecule has 2 heterocycles. The van der Waals surface area contributed by atoms with Crippen LogP contribution in [0.1, 0.15) is 117 Å². The number of aliphatic imine (C=N–C) groups is 3. The molecule has 2 aromatic carbocycles.